The maximum atomic E-state index is 13.4. The summed E-state index contributed by atoms with van der Waals surface area (Å²) in [5, 5.41) is 43.8. The van der Waals surface area contributed by atoms with Crippen LogP contribution in [0.3, 0.4) is 0 Å². The third-order valence-electron chi connectivity index (χ3n) is 14.8. The molecule has 0 radical (unpaired) electrons. The smallest absolute Gasteiger partial charge is 0.132 e. The van der Waals surface area contributed by atoms with Crippen LogP contribution in [0.15, 0.2) is 243 Å². The van der Waals surface area contributed by atoms with Gasteiger partial charge in [0.25, 0.3) is 0 Å². The molecule has 14 rings (SSSR count). The van der Waals surface area contributed by atoms with Crippen molar-refractivity contribution >= 4 is 86.2 Å². The summed E-state index contributed by atoms with van der Waals surface area (Å²) in [6, 6.07) is 85.6. The molecule has 0 spiro atoms. The Bertz CT molecular complexity index is 4100. The quantitative estimate of drug-likeness (QED) is 0.169. The van der Waals surface area contributed by atoms with E-state index in [9.17, 15) is 10.2 Å². The molecule has 0 unspecified atom stereocenters. The second-order valence-corrected chi connectivity index (χ2v) is 18.5. The van der Waals surface area contributed by atoms with Gasteiger partial charge in [0.1, 0.15) is 11.5 Å². The first-order chi connectivity index (χ1) is 34.6. The van der Waals surface area contributed by atoms with Gasteiger partial charge in [0.05, 0.1) is 0 Å². The molecule has 70 heavy (non-hydrogen) atoms. The van der Waals surface area contributed by atoms with Crippen LogP contribution in [0.4, 0.5) is 0 Å². The number of phenols is 2. The Kier molecular flexibility index (Phi) is 8.93. The Hall–Kier alpha value is -9.24. The lowest BCUT2D eigenvalue weighted by Gasteiger charge is -2.23. The Morgan fingerprint density at radius 2 is 0.443 bits per heavy atom. The summed E-state index contributed by atoms with van der Waals surface area (Å²) in [7, 11) is 0. The summed E-state index contributed by atoms with van der Waals surface area (Å²) in [5.41, 5.74) is 9.08. The number of benzene rings is 14. The minimum Gasteiger partial charge on any atom is -0.507 e. The normalized spacial score (nSPS) is 11.8. The highest BCUT2D eigenvalue weighted by Gasteiger charge is 2.27. The first kappa shape index (κ1) is 39.9. The first-order valence-corrected chi connectivity index (χ1v) is 23.9. The van der Waals surface area contributed by atoms with Crippen molar-refractivity contribution in [2.45, 2.75) is 0 Å². The van der Waals surface area contributed by atoms with Gasteiger partial charge in [-0.15, -0.1) is 0 Å². The lowest BCUT2D eigenvalue weighted by Crippen LogP contribution is -1.95. The van der Waals surface area contributed by atoms with Gasteiger partial charge >= 0.3 is 0 Å². The van der Waals surface area contributed by atoms with Crippen molar-refractivity contribution in [1.29, 1.82) is 0 Å². The standard InChI is InChI=1S/C68H42O2/c69-67-59(63-55-29-13-9-25-51(55)61(52-26-10-14-30-56(52)63)47-35-33-41-17-1-3-19-43(41)37-47)39-45-21-5-7-23-49(45)65(67)66-50-24-8-6-22-46(50)40-60(68(66)70)64-57-31-15-11-27-53(57)62(54-28-12-16-32-58(54)64)48-36-34-42-18-2-4-20-44(42)38-48/h1-40,69-70H. The van der Waals surface area contributed by atoms with Crippen LogP contribution in [0.5, 0.6) is 11.5 Å². The molecule has 14 aromatic rings. The van der Waals surface area contributed by atoms with Crippen LogP contribution in [-0.2, 0) is 0 Å². The van der Waals surface area contributed by atoms with Gasteiger partial charge in [-0.05, 0) is 133 Å². The molecule has 2 nitrogen and oxygen atoms in total. The van der Waals surface area contributed by atoms with E-state index >= 15 is 0 Å². The molecule has 0 bridgehead atoms. The number of phenolic OH excluding ortho intramolecular Hbond substituents is 2. The average Bonchev–Trinajstić information content (AvgIpc) is 3.41. The van der Waals surface area contributed by atoms with E-state index in [0.717, 1.165) is 98.0 Å². The molecule has 2 heteroatoms. The monoisotopic (exact) mass is 890 g/mol. The summed E-state index contributed by atoms with van der Waals surface area (Å²) in [4.78, 5) is 0. The molecule has 0 saturated heterocycles. The predicted molar refractivity (Wildman–Crippen MR) is 297 cm³/mol. The van der Waals surface area contributed by atoms with Gasteiger partial charge < -0.3 is 10.2 Å². The third kappa shape index (κ3) is 6.00. The minimum atomic E-state index is 0.117. The average molecular weight is 891 g/mol. The van der Waals surface area contributed by atoms with E-state index in [4.69, 9.17) is 0 Å². The molecule has 0 aliphatic carbocycles. The molecule has 14 aromatic carbocycles. The maximum absolute atomic E-state index is 13.4. The van der Waals surface area contributed by atoms with Crippen molar-refractivity contribution in [2.75, 3.05) is 0 Å². The van der Waals surface area contributed by atoms with Crippen LogP contribution in [0.1, 0.15) is 0 Å². The van der Waals surface area contributed by atoms with Crippen molar-refractivity contribution in [1.82, 2.24) is 0 Å². The summed E-state index contributed by atoms with van der Waals surface area (Å²) in [5.74, 6) is 0.234. The SMILES string of the molecule is Oc1c(-c2c3ccccc3c(-c3ccc4ccccc4c3)c3ccccc23)cc2ccccc2c1-c1c(O)c(-c2c3ccccc3c(-c3ccc4ccccc4c3)c3ccccc23)cc2ccccc12. The van der Waals surface area contributed by atoms with E-state index < -0.39 is 0 Å². The van der Waals surface area contributed by atoms with E-state index in [1.807, 2.05) is 12.1 Å². The van der Waals surface area contributed by atoms with E-state index in [1.54, 1.807) is 0 Å². The molecule has 2 N–H and O–H groups in total. The zero-order valence-electron chi connectivity index (χ0n) is 38.0. The molecule has 0 heterocycles. The van der Waals surface area contributed by atoms with Gasteiger partial charge in [0.15, 0.2) is 0 Å². The molecule has 0 fully saturated rings. The maximum Gasteiger partial charge on any atom is 0.132 e. The fourth-order valence-corrected chi connectivity index (χ4v) is 11.7. The summed E-state index contributed by atoms with van der Waals surface area (Å²) in [6.45, 7) is 0. The molecule has 0 aromatic heterocycles. The van der Waals surface area contributed by atoms with Crippen molar-refractivity contribution in [3.63, 3.8) is 0 Å². The number of fused-ring (bicyclic) bond motifs is 8. The second kappa shape index (κ2) is 15.7. The Labute approximate surface area is 404 Å². The zero-order chi connectivity index (χ0) is 46.5. The van der Waals surface area contributed by atoms with Gasteiger partial charge in [-0.25, -0.2) is 0 Å². The van der Waals surface area contributed by atoms with Crippen molar-refractivity contribution in [3.05, 3.63) is 243 Å². The van der Waals surface area contributed by atoms with Gasteiger partial charge in [-0.1, -0.05) is 218 Å². The van der Waals surface area contributed by atoms with Crippen LogP contribution < -0.4 is 0 Å². The van der Waals surface area contributed by atoms with Crippen molar-refractivity contribution < 1.29 is 10.2 Å². The van der Waals surface area contributed by atoms with Crippen LogP contribution in [0.2, 0.25) is 0 Å². The lowest BCUT2D eigenvalue weighted by atomic mass is 9.81. The molecule has 0 aliphatic heterocycles. The van der Waals surface area contributed by atoms with Gasteiger partial charge in [0, 0.05) is 33.4 Å². The number of rotatable bonds is 5. The number of hydrogen-bond acceptors (Lipinski definition) is 2. The molecular weight excluding hydrogens is 849 g/mol. The van der Waals surface area contributed by atoms with Crippen LogP contribution >= 0.6 is 0 Å². The molecule has 0 saturated carbocycles. The molecule has 0 amide bonds. The Balaban J connectivity index is 1.07. The zero-order valence-corrected chi connectivity index (χ0v) is 38.0. The van der Waals surface area contributed by atoms with E-state index in [2.05, 4.69) is 231 Å². The number of aromatic hydroxyl groups is 2. The highest BCUT2D eigenvalue weighted by Crippen LogP contribution is 2.56. The molecular formula is C68H42O2. The largest absolute Gasteiger partial charge is 0.507 e. The fourth-order valence-electron chi connectivity index (χ4n) is 11.7. The fraction of sp³-hybridized carbons (Fsp3) is 0. The van der Waals surface area contributed by atoms with Crippen LogP contribution in [0, 0.1) is 0 Å². The molecule has 0 atom stereocenters. The number of hydrogen-bond donors (Lipinski definition) is 2. The lowest BCUT2D eigenvalue weighted by molar-refractivity contribution is 0.472. The minimum absolute atomic E-state index is 0.117. The Morgan fingerprint density at radius 3 is 0.771 bits per heavy atom. The van der Waals surface area contributed by atoms with Gasteiger partial charge in [-0.2, -0.15) is 0 Å². The summed E-state index contributed by atoms with van der Waals surface area (Å²) >= 11 is 0. The Morgan fingerprint density at radius 1 is 0.186 bits per heavy atom. The van der Waals surface area contributed by atoms with E-state index in [1.165, 1.54) is 21.5 Å². The van der Waals surface area contributed by atoms with E-state index in [0.29, 0.717) is 22.3 Å². The summed E-state index contributed by atoms with van der Waals surface area (Å²) in [6.07, 6.45) is 0. The summed E-state index contributed by atoms with van der Waals surface area (Å²) < 4.78 is 0. The second-order valence-electron chi connectivity index (χ2n) is 18.5. The molecule has 326 valence electrons. The topological polar surface area (TPSA) is 40.5 Å². The van der Waals surface area contributed by atoms with Gasteiger partial charge in [0.2, 0.25) is 0 Å². The highest BCUT2D eigenvalue weighted by atomic mass is 16.3. The van der Waals surface area contributed by atoms with Crippen molar-refractivity contribution in [3.8, 4) is 67.1 Å². The first-order valence-electron chi connectivity index (χ1n) is 23.9. The van der Waals surface area contributed by atoms with E-state index in [-0.39, 0.29) is 11.5 Å². The van der Waals surface area contributed by atoms with Gasteiger partial charge in [-0.3, -0.25) is 0 Å². The van der Waals surface area contributed by atoms with Crippen LogP contribution in [0.25, 0.3) is 142 Å². The van der Waals surface area contributed by atoms with Crippen LogP contribution in [-0.4, -0.2) is 10.2 Å². The third-order valence-corrected chi connectivity index (χ3v) is 14.8. The van der Waals surface area contributed by atoms with Crippen molar-refractivity contribution in [2.24, 2.45) is 0 Å². The molecule has 0 aliphatic rings. The highest BCUT2D eigenvalue weighted by molar-refractivity contribution is 6.26. The predicted octanol–water partition coefficient (Wildman–Crippen LogP) is 18.7.